The number of rotatable bonds is 7. The highest BCUT2D eigenvalue weighted by molar-refractivity contribution is 7.25. The van der Waals surface area contributed by atoms with Gasteiger partial charge in [-0.1, -0.05) is 209 Å². The van der Waals surface area contributed by atoms with Crippen molar-refractivity contribution in [1.29, 1.82) is 0 Å². The number of nitrogens with zero attached hydrogens (tertiary/aromatic N) is 1. The van der Waals surface area contributed by atoms with Crippen molar-refractivity contribution in [1.82, 2.24) is 0 Å². The zero-order chi connectivity index (χ0) is 43.7. The van der Waals surface area contributed by atoms with Crippen LogP contribution >= 0.6 is 11.3 Å². The van der Waals surface area contributed by atoms with Crippen LogP contribution in [0.1, 0.15) is 48.6 Å². The Balaban J connectivity index is 1.10. The average Bonchev–Trinajstić information content (AvgIpc) is 3.88. The van der Waals surface area contributed by atoms with E-state index in [9.17, 15) is 0 Å². The lowest BCUT2D eigenvalue weighted by molar-refractivity contribution is 0.590. The third-order valence-electron chi connectivity index (χ3n) is 13.7. The van der Waals surface area contributed by atoms with Gasteiger partial charge in [-0.15, -0.1) is 11.3 Å². The Morgan fingerprint density at radius 1 is 0.400 bits per heavy atom. The molecule has 0 unspecified atom stereocenters. The summed E-state index contributed by atoms with van der Waals surface area (Å²) in [6.07, 6.45) is 0. The number of fused-ring (bicyclic) bond motifs is 7. The summed E-state index contributed by atoms with van der Waals surface area (Å²) in [5.41, 5.74) is 16.8. The molecule has 2 heteroatoms. The van der Waals surface area contributed by atoms with Crippen molar-refractivity contribution >= 4 is 59.3 Å². The van der Waals surface area contributed by atoms with Gasteiger partial charge >= 0.3 is 0 Å². The van der Waals surface area contributed by atoms with Gasteiger partial charge in [0.2, 0.25) is 0 Å². The summed E-state index contributed by atoms with van der Waals surface area (Å²) in [4.78, 5) is 2.50. The monoisotopic (exact) mass is 849 g/mol. The zero-order valence-electron chi connectivity index (χ0n) is 36.8. The van der Waals surface area contributed by atoms with Gasteiger partial charge in [0.1, 0.15) is 0 Å². The minimum absolute atomic E-state index is 0.0974. The van der Waals surface area contributed by atoms with Crippen LogP contribution in [-0.4, -0.2) is 0 Å². The fourth-order valence-corrected chi connectivity index (χ4v) is 11.7. The highest BCUT2D eigenvalue weighted by Crippen LogP contribution is 2.57. The maximum Gasteiger partial charge on any atom is 0.0713 e. The summed E-state index contributed by atoms with van der Waals surface area (Å²) < 4.78 is 2.61. The first-order valence-electron chi connectivity index (χ1n) is 22.7. The maximum absolute atomic E-state index is 2.50. The van der Waals surface area contributed by atoms with Gasteiger partial charge in [-0.25, -0.2) is 0 Å². The van der Waals surface area contributed by atoms with E-state index in [2.05, 4.69) is 256 Å². The van der Waals surface area contributed by atoms with Crippen LogP contribution in [0.2, 0.25) is 0 Å². The second kappa shape index (κ2) is 15.3. The van der Waals surface area contributed by atoms with Gasteiger partial charge in [-0.05, 0) is 114 Å². The maximum atomic E-state index is 2.50. The van der Waals surface area contributed by atoms with Crippen LogP contribution < -0.4 is 4.90 Å². The smallest absolute Gasteiger partial charge is 0.0713 e. The second-order valence-electron chi connectivity index (χ2n) is 18.5. The molecule has 0 N–H and O–H groups in total. The van der Waals surface area contributed by atoms with Crippen LogP contribution in [0.15, 0.2) is 231 Å². The van der Waals surface area contributed by atoms with E-state index in [1.807, 2.05) is 11.3 Å². The third kappa shape index (κ3) is 6.35. The highest BCUT2D eigenvalue weighted by atomic mass is 32.1. The molecule has 12 rings (SSSR count). The molecular weight excluding hydrogens is 803 g/mol. The molecule has 0 amide bonds. The van der Waals surface area contributed by atoms with Crippen molar-refractivity contribution in [2.24, 2.45) is 0 Å². The standard InChI is InChI=1S/C63H47NS/c1-62(2,3)46-32-26-42(27-33-46)43-28-34-49(35-29-43)64(58-39-31-44-16-10-11-21-51(44)61(58)45-30-37-54-53-23-13-15-25-59(53)65-60(54)40-45)50-36-38-57-55(41-50)52-22-12-14-24-56(52)63(57,47-17-6-4-7-18-47)48-19-8-5-9-20-48/h4-41H,1-3H3. The van der Waals surface area contributed by atoms with E-state index in [1.54, 1.807) is 0 Å². The number of benzene rings is 10. The lowest BCUT2D eigenvalue weighted by Gasteiger charge is -2.34. The molecule has 0 radical (unpaired) electrons. The second-order valence-corrected chi connectivity index (χ2v) is 19.5. The molecule has 65 heavy (non-hydrogen) atoms. The molecule has 0 saturated heterocycles. The topological polar surface area (TPSA) is 3.24 Å². The van der Waals surface area contributed by atoms with Gasteiger partial charge in [-0.2, -0.15) is 0 Å². The van der Waals surface area contributed by atoms with Gasteiger partial charge in [0.05, 0.1) is 11.1 Å². The van der Waals surface area contributed by atoms with E-state index in [-0.39, 0.29) is 5.41 Å². The van der Waals surface area contributed by atoms with E-state index in [1.165, 1.54) is 92.1 Å². The van der Waals surface area contributed by atoms with Crippen LogP contribution in [0, 0.1) is 0 Å². The predicted molar refractivity (Wildman–Crippen MR) is 278 cm³/mol. The molecule has 1 aromatic heterocycles. The summed E-state index contributed by atoms with van der Waals surface area (Å²) in [6.45, 7) is 6.82. The molecule has 1 aliphatic carbocycles. The Labute approximate surface area is 385 Å². The Kier molecular flexibility index (Phi) is 9.22. The van der Waals surface area contributed by atoms with Crippen LogP contribution in [0.25, 0.3) is 64.3 Å². The van der Waals surface area contributed by atoms with Gasteiger partial charge in [-0.3, -0.25) is 0 Å². The Bertz CT molecular complexity index is 3520. The van der Waals surface area contributed by atoms with Gasteiger partial charge in [0.15, 0.2) is 0 Å². The first-order chi connectivity index (χ1) is 31.9. The third-order valence-corrected chi connectivity index (χ3v) is 14.9. The number of anilines is 3. The lowest BCUT2D eigenvalue weighted by Crippen LogP contribution is -2.28. The molecule has 11 aromatic rings. The SMILES string of the molecule is CC(C)(C)c1ccc(-c2ccc(N(c3ccc4c(c3)-c3ccccc3C4(c3ccccc3)c3ccccc3)c3ccc4ccccc4c3-c3ccc4c(c3)sc3ccccc34)cc2)cc1. The van der Waals surface area contributed by atoms with E-state index >= 15 is 0 Å². The molecule has 0 saturated carbocycles. The van der Waals surface area contributed by atoms with Gasteiger partial charge in [0, 0.05) is 37.1 Å². The van der Waals surface area contributed by atoms with Crippen molar-refractivity contribution in [2.45, 2.75) is 31.6 Å². The Morgan fingerprint density at radius 2 is 0.969 bits per heavy atom. The first-order valence-corrected chi connectivity index (χ1v) is 23.5. The zero-order valence-corrected chi connectivity index (χ0v) is 37.6. The number of thiophene rings is 1. The van der Waals surface area contributed by atoms with Crippen molar-refractivity contribution in [3.63, 3.8) is 0 Å². The van der Waals surface area contributed by atoms with Crippen molar-refractivity contribution < 1.29 is 0 Å². The van der Waals surface area contributed by atoms with Gasteiger partial charge < -0.3 is 4.90 Å². The van der Waals surface area contributed by atoms with Crippen LogP contribution in [0.5, 0.6) is 0 Å². The number of hydrogen-bond acceptors (Lipinski definition) is 2. The Hall–Kier alpha value is -7.52. The minimum atomic E-state index is -0.476. The predicted octanol–water partition coefficient (Wildman–Crippen LogP) is 17.7. The van der Waals surface area contributed by atoms with Crippen LogP contribution in [0.3, 0.4) is 0 Å². The minimum Gasteiger partial charge on any atom is -0.310 e. The van der Waals surface area contributed by atoms with E-state index < -0.39 is 5.41 Å². The molecule has 0 atom stereocenters. The van der Waals surface area contributed by atoms with E-state index in [4.69, 9.17) is 0 Å². The molecular formula is C63H47NS. The molecule has 0 spiro atoms. The highest BCUT2D eigenvalue weighted by Gasteiger charge is 2.46. The summed E-state index contributed by atoms with van der Waals surface area (Å²) >= 11 is 1.87. The van der Waals surface area contributed by atoms with Crippen molar-refractivity contribution in [2.75, 3.05) is 4.90 Å². The summed E-state index contributed by atoms with van der Waals surface area (Å²) in [5.74, 6) is 0. The van der Waals surface area contributed by atoms with Crippen molar-refractivity contribution in [3.05, 3.63) is 258 Å². The Morgan fingerprint density at radius 3 is 1.69 bits per heavy atom. The molecule has 0 aliphatic heterocycles. The molecule has 0 fully saturated rings. The molecule has 1 heterocycles. The quantitative estimate of drug-likeness (QED) is 0.154. The molecule has 1 nitrogen and oxygen atoms in total. The first kappa shape index (κ1) is 39.1. The lowest BCUT2D eigenvalue weighted by atomic mass is 9.68. The fraction of sp³-hybridized carbons (Fsp3) is 0.0794. The van der Waals surface area contributed by atoms with Crippen LogP contribution in [0.4, 0.5) is 17.1 Å². The molecule has 0 bridgehead atoms. The summed E-state index contributed by atoms with van der Waals surface area (Å²) in [7, 11) is 0. The molecule has 10 aromatic carbocycles. The molecule has 310 valence electrons. The van der Waals surface area contributed by atoms with Gasteiger partial charge in [0.25, 0.3) is 0 Å². The largest absolute Gasteiger partial charge is 0.310 e. The normalized spacial score (nSPS) is 13.0. The van der Waals surface area contributed by atoms with Crippen LogP contribution in [-0.2, 0) is 10.8 Å². The average molecular weight is 850 g/mol. The number of hydrogen-bond donors (Lipinski definition) is 0. The fourth-order valence-electron chi connectivity index (χ4n) is 10.6. The molecule has 1 aliphatic rings. The van der Waals surface area contributed by atoms with E-state index in [0.29, 0.717) is 0 Å². The summed E-state index contributed by atoms with van der Waals surface area (Å²) in [6, 6.07) is 86.0. The van der Waals surface area contributed by atoms with Crippen molar-refractivity contribution in [3.8, 4) is 33.4 Å². The summed E-state index contributed by atoms with van der Waals surface area (Å²) in [5, 5.41) is 5.06. The van der Waals surface area contributed by atoms with E-state index in [0.717, 1.165) is 17.1 Å².